The number of nitrogens with zero attached hydrogens (tertiary/aromatic N) is 5. The maximum absolute atomic E-state index is 13.0. The number of carbonyl (C=O) groups is 3. The van der Waals surface area contributed by atoms with Gasteiger partial charge in [-0.3, -0.25) is 24.4 Å². The third kappa shape index (κ3) is 4.50. The molecule has 1 fully saturated rings. The zero-order valence-corrected chi connectivity index (χ0v) is 22.7. The number of rotatable bonds is 8. The summed E-state index contributed by atoms with van der Waals surface area (Å²) < 4.78 is 1.29. The average molecular weight is 550 g/mol. The van der Waals surface area contributed by atoms with Crippen molar-refractivity contribution in [2.75, 3.05) is 13.1 Å². The van der Waals surface area contributed by atoms with Crippen molar-refractivity contribution < 1.29 is 19.5 Å². The summed E-state index contributed by atoms with van der Waals surface area (Å²) in [6.45, 7) is 1.43. The standard InChI is InChI=1S/C32H31N5O4/c38-29-22-9-1-2-10-23(22)30(39)36(29)18-16-32(14-15-32)20-35(26-13-5-7-21-8-6-17-33-28(21)26)19-27-34-24-11-3-4-12-25(24)37(27)31(40)41/h1-4,6,8-12,17,26H,5,7,13-16,18-20H2,(H,40,41). The van der Waals surface area contributed by atoms with Crippen LogP contribution < -0.4 is 0 Å². The lowest BCUT2D eigenvalue weighted by Crippen LogP contribution is -2.39. The fourth-order valence-electron chi connectivity index (χ4n) is 6.68. The van der Waals surface area contributed by atoms with Crippen LogP contribution in [-0.4, -0.2) is 60.4 Å². The van der Waals surface area contributed by atoms with E-state index in [1.54, 1.807) is 30.3 Å². The molecule has 0 spiro atoms. The highest BCUT2D eigenvalue weighted by molar-refractivity contribution is 6.21. The van der Waals surface area contributed by atoms with E-state index < -0.39 is 6.09 Å². The molecular formula is C32H31N5O4. The van der Waals surface area contributed by atoms with Gasteiger partial charge in [-0.1, -0.05) is 30.3 Å². The Morgan fingerprint density at radius 2 is 1.73 bits per heavy atom. The van der Waals surface area contributed by atoms with Gasteiger partial charge in [-0.05, 0) is 79.8 Å². The molecule has 3 aliphatic rings. The summed E-state index contributed by atoms with van der Waals surface area (Å²) in [6.07, 6.45) is 6.38. The Morgan fingerprint density at radius 3 is 2.46 bits per heavy atom. The Kier molecular flexibility index (Phi) is 6.19. The molecule has 1 saturated carbocycles. The number of aromatic nitrogens is 3. The van der Waals surface area contributed by atoms with Crippen LogP contribution >= 0.6 is 0 Å². The van der Waals surface area contributed by atoms with E-state index in [4.69, 9.17) is 9.97 Å². The second-order valence-corrected chi connectivity index (χ2v) is 11.6. The second-order valence-electron chi connectivity index (χ2n) is 11.6. The zero-order valence-electron chi connectivity index (χ0n) is 22.7. The molecule has 2 aromatic heterocycles. The largest absolute Gasteiger partial charge is 0.464 e. The Hall–Kier alpha value is -4.37. The number of imidazole rings is 1. The van der Waals surface area contributed by atoms with Gasteiger partial charge in [0, 0.05) is 19.3 Å². The first kappa shape index (κ1) is 25.6. The molecule has 1 aliphatic heterocycles. The number of benzene rings is 2. The van der Waals surface area contributed by atoms with Crippen molar-refractivity contribution in [1.82, 2.24) is 24.3 Å². The van der Waals surface area contributed by atoms with Crippen molar-refractivity contribution in [2.24, 2.45) is 5.41 Å². The van der Waals surface area contributed by atoms with Gasteiger partial charge >= 0.3 is 6.09 Å². The number of pyridine rings is 1. The van der Waals surface area contributed by atoms with Gasteiger partial charge in [0.15, 0.2) is 0 Å². The Morgan fingerprint density at radius 1 is 1.00 bits per heavy atom. The van der Waals surface area contributed by atoms with Crippen LogP contribution in [0.5, 0.6) is 0 Å². The van der Waals surface area contributed by atoms with Crippen LogP contribution in [0.3, 0.4) is 0 Å². The molecule has 9 nitrogen and oxygen atoms in total. The van der Waals surface area contributed by atoms with E-state index in [9.17, 15) is 19.5 Å². The molecule has 2 amide bonds. The van der Waals surface area contributed by atoms with Gasteiger partial charge in [-0.15, -0.1) is 0 Å². The molecule has 0 bridgehead atoms. The number of para-hydroxylation sites is 2. The van der Waals surface area contributed by atoms with Crippen LogP contribution in [0.15, 0.2) is 66.9 Å². The van der Waals surface area contributed by atoms with Crippen molar-refractivity contribution in [3.63, 3.8) is 0 Å². The third-order valence-corrected chi connectivity index (χ3v) is 9.01. The third-order valence-electron chi connectivity index (χ3n) is 9.01. The van der Waals surface area contributed by atoms with E-state index >= 15 is 0 Å². The van der Waals surface area contributed by atoms with E-state index in [1.165, 1.54) is 15.0 Å². The minimum absolute atomic E-state index is 0.0267. The first-order valence-electron chi connectivity index (χ1n) is 14.3. The minimum atomic E-state index is -1.05. The summed E-state index contributed by atoms with van der Waals surface area (Å²) in [5.74, 6) is 0.0376. The summed E-state index contributed by atoms with van der Waals surface area (Å²) in [7, 11) is 0. The summed E-state index contributed by atoms with van der Waals surface area (Å²) in [6, 6.07) is 18.4. The Bertz CT molecular complexity index is 1660. The summed E-state index contributed by atoms with van der Waals surface area (Å²) in [5.41, 5.74) is 4.39. The topological polar surface area (TPSA) is 109 Å². The molecule has 0 saturated heterocycles. The number of hydrogen-bond acceptors (Lipinski definition) is 6. The van der Waals surface area contributed by atoms with Gasteiger partial charge < -0.3 is 5.11 Å². The SMILES string of the molecule is O=C1c2ccccc2C(=O)N1CCC1(CN(Cc2nc3ccccc3n2C(=O)O)C2CCCc3cccnc32)CC1. The predicted octanol–water partition coefficient (Wildman–Crippen LogP) is 5.30. The van der Waals surface area contributed by atoms with Gasteiger partial charge in [0.25, 0.3) is 11.8 Å². The number of imide groups is 1. The van der Waals surface area contributed by atoms with E-state index in [0.29, 0.717) is 54.0 Å². The van der Waals surface area contributed by atoms with Gasteiger partial charge in [-0.25, -0.2) is 14.3 Å². The normalized spacial score (nSPS) is 19.0. The monoisotopic (exact) mass is 549 g/mol. The molecule has 2 aliphatic carbocycles. The van der Waals surface area contributed by atoms with Crippen molar-refractivity contribution in [3.05, 3.63) is 95.1 Å². The average Bonchev–Trinajstić information content (AvgIpc) is 3.58. The number of carbonyl (C=O) groups excluding carboxylic acids is 2. The smallest absolute Gasteiger partial charge is 0.417 e. The van der Waals surface area contributed by atoms with Gasteiger partial charge in [0.05, 0.1) is 40.4 Å². The number of aryl methyl sites for hydroxylation is 1. The number of amides is 2. The van der Waals surface area contributed by atoms with Crippen LogP contribution in [0, 0.1) is 5.41 Å². The van der Waals surface area contributed by atoms with Gasteiger partial charge in [-0.2, -0.15) is 0 Å². The van der Waals surface area contributed by atoms with Crippen LogP contribution in [-0.2, 0) is 13.0 Å². The molecule has 0 radical (unpaired) electrons. The molecule has 7 rings (SSSR count). The summed E-state index contributed by atoms with van der Waals surface area (Å²) in [4.78, 5) is 51.6. The fraction of sp³-hybridized carbons (Fsp3) is 0.344. The van der Waals surface area contributed by atoms with E-state index in [-0.39, 0.29) is 23.3 Å². The number of hydrogen-bond donors (Lipinski definition) is 1. The first-order chi connectivity index (χ1) is 19.9. The minimum Gasteiger partial charge on any atom is -0.464 e. The van der Waals surface area contributed by atoms with Crippen molar-refractivity contribution in [3.8, 4) is 0 Å². The highest BCUT2D eigenvalue weighted by atomic mass is 16.4. The molecule has 2 aromatic carbocycles. The van der Waals surface area contributed by atoms with Crippen LogP contribution in [0.4, 0.5) is 4.79 Å². The Balaban J connectivity index is 1.18. The summed E-state index contributed by atoms with van der Waals surface area (Å²) in [5, 5.41) is 10.1. The molecule has 1 atom stereocenters. The van der Waals surface area contributed by atoms with Gasteiger partial charge in [0.1, 0.15) is 5.82 Å². The molecule has 9 heteroatoms. The molecule has 3 heterocycles. The maximum Gasteiger partial charge on any atom is 0.417 e. The second kappa shape index (κ2) is 9.92. The lowest BCUT2D eigenvalue weighted by atomic mass is 9.89. The van der Waals surface area contributed by atoms with Crippen molar-refractivity contribution >= 4 is 28.9 Å². The number of fused-ring (bicyclic) bond motifs is 3. The highest BCUT2D eigenvalue weighted by Crippen LogP contribution is 2.51. The van der Waals surface area contributed by atoms with Crippen LogP contribution in [0.25, 0.3) is 11.0 Å². The lowest BCUT2D eigenvalue weighted by molar-refractivity contribution is 0.0629. The maximum atomic E-state index is 13.0. The quantitative estimate of drug-likeness (QED) is 0.297. The summed E-state index contributed by atoms with van der Waals surface area (Å²) >= 11 is 0. The van der Waals surface area contributed by atoms with E-state index in [1.807, 2.05) is 30.5 Å². The van der Waals surface area contributed by atoms with E-state index in [2.05, 4.69) is 11.0 Å². The highest BCUT2D eigenvalue weighted by Gasteiger charge is 2.47. The molecular weight excluding hydrogens is 518 g/mol. The van der Waals surface area contributed by atoms with Crippen molar-refractivity contribution in [2.45, 2.75) is 51.1 Å². The van der Waals surface area contributed by atoms with E-state index in [0.717, 1.165) is 37.8 Å². The van der Waals surface area contributed by atoms with Crippen LogP contribution in [0.1, 0.15) is 75.9 Å². The molecule has 1 unspecified atom stereocenters. The molecule has 1 N–H and O–H groups in total. The molecule has 208 valence electrons. The zero-order chi connectivity index (χ0) is 28.1. The Labute approximate surface area is 237 Å². The fourth-order valence-corrected chi connectivity index (χ4v) is 6.68. The predicted molar refractivity (Wildman–Crippen MR) is 152 cm³/mol. The first-order valence-corrected chi connectivity index (χ1v) is 14.3. The molecule has 4 aromatic rings. The number of carboxylic acid groups (broad SMARTS) is 1. The lowest BCUT2D eigenvalue weighted by Gasteiger charge is -2.37. The van der Waals surface area contributed by atoms with Crippen LogP contribution in [0.2, 0.25) is 0 Å². The van der Waals surface area contributed by atoms with Gasteiger partial charge in [0.2, 0.25) is 0 Å². The van der Waals surface area contributed by atoms with Crippen molar-refractivity contribution in [1.29, 1.82) is 0 Å². The molecule has 41 heavy (non-hydrogen) atoms.